The Morgan fingerprint density at radius 3 is 2.48 bits per heavy atom. The molecule has 2 aromatic carbocycles. The number of aromatic nitrogens is 4. The van der Waals surface area contributed by atoms with Crippen LogP contribution in [0.25, 0.3) is 0 Å². The number of tetrazole rings is 1. The van der Waals surface area contributed by atoms with Crippen molar-refractivity contribution < 1.29 is 9.18 Å². The van der Waals surface area contributed by atoms with E-state index in [-0.39, 0.29) is 17.8 Å². The van der Waals surface area contributed by atoms with Gasteiger partial charge < -0.3 is 5.32 Å². The van der Waals surface area contributed by atoms with Crippen LogP contribution < -0.4 is 5.32 Å². The molecule has 1 saturated heterocycles. The fraction of sp³-hybridized carbons (Fsp3) is 0.333. The minimum Gasteiger partial charge on any atom is -0.349 e. The first-order chi connectivity index (χ1) is 14.2. The third-order valence-corrected chi connectivity index (χ3v) is 5.18. The molecule has 4 rings (SSSR count). The molecule has 1 aliphatic heterocycles. The summed E-state index contributed by atoms with van der Waals surface area (Å²) >= 11 is 0. The Kier molecular flexibility index (Phi) is 5.90. The van der Waals surface area contributed by atoms with Crippen LogP contribution in [0, 0.1) is 5.82 Å². The number of halogens is 1. The summed E-state index contributed by atoms with van der Waals surface area (Å²) in [6.45, 7) is 2.88. The van der Waals surface area contributed by atoms with Crippen LogP contribution in [0.5, 0.6) is 0 Å². The molecule has 1 aliphatic rings. The van der Waals surface area contributed by atoms with Crippen LogP contribution in [0.2, 0.25) is 0 Å². The monoisotopic (exact) mass is 394 g/mol. The molecule has 7 nitrogen and oxygen atoms in total. The number of likely N-dealkylation sites (tertiary alicyclic amines) is 1. The second kappa shape index (κ2) is 8.91. The number of rotatable bonds is 6. The summed E-state index contributed by atoms with van der Waals surface area (Å²) in [6, 6.07) is 15.8. The van der Waals surface area contributed by atoms with Gasteiger partial charge in [-0.2, -0.15) is 0 Å². The predicted octanol–water partition coefficient (Wildman–Crippen LogP) is 2.25. The summed E-state index contributed by atoms with van der Waals surface area (Å²) in [5, 5.41) is 15.1. The van der Waals surface area contributed by atoms with E-state index >= 15 is 0 Å². The zero-order chi connectivity index (χ0) is 20.1. The highest BCUT2D eigenvalue weighted by Gasteiger charge is 2.22. The lowest BCUT2D eigenvalue weighted by atomic mass is 10.0. The number of carbonyl (C=O) groups is 1. The van der Waals surface area contributed by atoms with Crippen molar-refractivity contribution in [2.24, 2.45) is 0 Å². The van der Waals surface area contributed by atoms with E-state index in [1.54, 1.807) is 16.8 Å². The highest BCUT2D eigenvalue weighted by atomic mass is 19.1. The van der Waals surface area contributed by atoms with Gasteiger partial charge in [-0.1, -0.05) is 30.3 Å². The van der Waals surface area contributed by atoms with Crippen LogP contribution in [0.4, 0.5) is 4.39 Å². The fourth-order valence-corrected chi connectivity index (χ4v) is 3.52. The van der Waals surface area contributed by atoms with Crippen LogP contribution in [0.15, 0.2) is 54.6 Å². The van der Waals surface area contributed by atoms with Crippen molar-refractivity contribution in [3.8, 4) is 0 Å². The summed E-state index contributed by atoms with van der Waals surface area (Å²) < 4.78 is 14.8. The number of nitrogens with zero attached hydrogens (tertiary/aromatic N) is 5. The van der Waals surface area contributed by atoms with Gasteiger partial charge in [0.05, 0.1) is 13.1 Å². The van der Waals surface area contributed by atoms with E-state index in [4.69, 9.17) is 0 Å². The van der Waals surface area contributed by atoms with Crippen LogP contribution in [0.3, 0.4) is 0 Å². The van der Waals surface area contributed by atoms with Gasteiger partial charge in [-0.05, 0) is 53.1 Å². The first-order valence-electron chi connectivity index (χ1n) is 9.75. The topological polar surface area (TPSA) is 75.9 Å². The van der Waals surface area contributed by atoms with Gasteiger partial charge >= 0.3 is 0 Å². The number of hydrogen-bond donors (Lipinski definition) is 1. The Morgan fingerprint density at radius 1 is 1.03 bits per heavy atom. The Hall–Kier alpha value is -3.13. The van der Waals surface area contributed by atoms with Gasteiger partial charge in [0.25, 0.3) is 5.91 Å². The molecule has 29 heavy (non-hydrogen) atoms. The van der Waals surface area contributed by atoms with Crippen molar-refractivity contribution in [1.82, 2.24) is 30.4 Å². The van der Waals surface area contributed by atoms with E-state index in [1.807, 2.05) is 30.3 Å². The zero-order valence-corrected chi connectivity index (χ0v) is 16.0. The van der Waals surface area contributed by atoms with E-state index < -0.39 is 0 Å². The summed E-state index contributed by atoms with van der Waals surface area (Å²) in [6.07, 6.45) is 1.77. The largest absolute Gasteiger partial charge is 0.349 e. The molecule has 0 radical (unpaired) electrons. The van der Waals surface area contributed by atoms with E-state index in [0.29, 0.717) is 18.7 Å². The zero-order valence-electron chi connectivity index (χ0n) is 16.0. The standard InChI is InChI=1S/C21H23FN6O/c22-18-8-6-16(7-9-18)14-28-20(24-25-26-28)15-27-12-10-19(11-13-27)23-21(29)17-4-2-1-3-5-17/h1-9,19H,10-15H2,(H,23,29). The lowest BCUT2D eigenvalue weighted by molar-refractivity contribution is 0.0907. The number of amides is 1. The highest BCUT2D eigenvalue weighted by molar-refractivity contribution is 5.94. The molecule has 150 valence electrons. The van der Waals surface area contributed by atoms with Crippen LogP contribution in [-0.2, 0) is 13.1 Å². The number of benzene rings is 2. The quantitative estimate of drug-likeness (QED) is 0.694. The third kappa shape index (κ3) is 5.03. The molecule has 0 unspecified atom stereocenters. The summed E-state index contributed by atoms with van der Waals surface area (Å²) in [7, 11) is 0. The molecule has 0 saturated carbocycles. The Balaban J connectivity index is 1.28. The number of nitrogens with one attached hydrogen (secondary N) is 1. The molecule has 1 N–H and O–H groups in total. The maximum Gasteiger partial charge on any atom is 0.251 e. The van der Waals surface area contributed by atoms with E-state index in [1.165, 1.54) is 12.1 Å². The highest BCUT2D eigenvalue weighted by Crippen LogP contribution is 2.14. The molecule has 8 heteroatoms. The molecule has 3 aromatic rings. The molecular weight excluding hydrogens is 371 g/mol. The molecule has 1 amide bonds. The minimum absolute atomic E-state index is 0.0210. The van der Waals surface area contributed by atoms with Crippen molar-refractivity contribution in [3.05, 3.63) is 77.4 Å². The third-order valence-electron chi connectivity index (χ3n) is 5.18. The predicted molar refractivity (Wildman–Crippen MR) is 106 cm³/mol. The van der Waals surface area contributed by atoms with Crippen molar-refractivity contribution in [3.63, 3.8) is 0 Å². The SMILES string of the molecule is O=C(NC1CCN(Cc2nnnn2Cc2ccc(F)cc2)CC1)c1ccccc1. The number of piperidine rings is 1. The minimum atomic E-state index is -0.257. The van der Waals surface area contributed by atoms with Gasteiger partial charge in [-0.3, -0.25) is 9.69 Å². The first-order valence-corrected chi connectivity index (χ1v) is 9.75. The Bertz CT molecular complexity index is 935. The van der Waals surface area contributed by atoms with Gasteiger partial charge in [-0.15, -0.1) is 5.10 Å². The smallest absolute Gasteiger partial charge is 0.251 e. The van der Waals surface area contributed by atoms with E-state index in [0.717, 1.165) is 37.3 Å². The van der Waals surface area contributed by atoms with Crippen LogP contribution in [-0.4, -0.2) is 50.1 Å². The van der Waals surface area contributed by atoms with Crippen LogP contribution >= 0.6 is 0 Å². The van der Waals surface area contributed by atoms with E-state index in [9.17, 15) is 9.18 Å². The van der Waals surface area contributed by atoms with Gasteiger partial charge in [0.15, 0.2) is 5.82 Å². The summed E-state index contributed by atoms with van der Waals surface area (Å²) in [4.78, 5) is 14.6. The van der Waals surface area contributed by atoms with Crippen molar-refractivity contribution in [2.45, 2.75) is 32.0 Å². The van der Waals surface area contributed by atoms with Gasteiger partial charge in [0, 0.05) is 24.7 Å². The number of hydrogen-bond acceptors (Lipinski definition) is 5. The van der Waals surface area contributed by atoms with E-state index in [2.05, 4.69) is 25.7 Å². The van der Waals surface area contributed by atoms with Gasteiger partial charge in [0.1, 0.15) is 5.82 Å². The maximum atomic E-state index is 13.1. The van der Waals surface area contributed by atoms with Crippen molar-refractivity contribution >= 4 is 5.91 Å². The number of carbonyl (C=O) groups excluding carboxylic acids is 1. The molecule has 0 spiro atoms. The molecule has 0 atom stereocenters. The summed E-state index contributed by atoms with van der Waals surface area (Å²) in [5.41, 5.74) is 1.64. The molecule has 0 aliphatic carbocycles. The molecule has 1 fully saturated rings. The van der Waals surface area contributed by atoms with Gasteiger partial charge in [-0.25, -0.2) is 9.07 Å². The normalized spacial score (nSPS) is 15.3. The molecular formula is C21H23FN6O. The first kappa shape index (κ1) is 19.2. The average Bonchev–Trinajstić information content (AvgIpc) is 3.18. The lowest BCUT2D eigenvalue weighted by Gasteiger charge is -2.31. The van der Waals surface area contributed by atoms with Crippen molar-refractivity contribution in [2.75, 3.05) is 13.1 Å². The molecule has 0 bridgehead atoms. The van der Waals surface area contributed by atoms with Crippen LogP contribution in [0.1, 0.15) is 34.6 Å². The van der Waals surface area contributed by atoms with Crippen molar-refractivity contribution in [1.29, 1.82) is 0 Å². The van der Waals surface area contributed by atoms with Gasteiger partial charge in [0.2, 0.25) is 0 Å². The second-order valence-electron chi connectivity index (χ2n) is 7.27. The fourth-order valence-electron chi connectivity index (χ4n) is 3.52. The maximum absolute atomic E-state index is 13.1. The summed E-state index contributed by atoms with van der Waals surface area (Å²) in [5.74, 6) is 0.501. The molecule has 1 aromatic heterocycles. The molecule has 2 heterocycles. The lowest BCUT2D eigenvalue weighted by Crippen LogP contribution is -2.44. The Labute approximate surface area is 168 Å². The average molecular weight is 394 g/mol. The second-order valence-corrected chi connectivity index (χ2v) is 7.27. The Morgan fingerprint density at radius 2 is 1.76 bits per heavy atom.